The largest absolute Gasteiger partial charge is 0.496 e. The smallest absolute Gasteiger partial charge is 0.341 e. The molecule has 2 aromatic rings. The number of carbonyl (C=O) groups excluding carboxylic acids is 1. The van der Waals surface area contributed by atoms with Gasteiger partial charge in [-0.2, -0.15) is 0 Å². The van der Waals surface area contributed by atoms with Gasteiger partial charge in [-0.1, -0.05) is 6.07 Å². The van der Waals surface area contributed by atoms with Crippen LogP contribution in [0.5, 0.6) is 5.75 Å². The number of methoxy groups -OCH3 is 2. The Morgan fingerprint density at radius 2 is 1.92 bits per heavy atom. The maximum absolute atomic E-state index is 13.1. The fraction of sp³-hybridized carbons (Fsp3) is 0.188. The zero-order chi connectivity index (χ0) is 18.6. The highest BCUT2D eigenvalue weighted by atomic mass is 79.9. The molecule has 0 fully saturated rings. The first-order valence-corrected chi connectivity index (χ1v) is 9.26. The summed E-state index contributed by atoms with van der Waals surface area (Å²) in [5, 5.41) is 0. The number of sulfonamides is 1. The summed E-state index contributed by atoms with van der Waals surface area (Å²) in [6.07, 6.45) is 0. The molecule has 0 aliphatic heterocycles. The van der Waals surface area contributed by atoms with Gasteiger partial charge in [-0.15, -0.1) is 0 Å². The molecule has 2 aromatic carbocycles. The monoisotopic (exact) mass is 431 g/mol. The molecule has 0 unspecified atom stereocenters. The molecule has 134 valence electrons. The van der Waals surface area contributed by atoms with Crippen molar-refractivity contribution in [1.82, 2.24) is 4.72 Å². The first kappa shape index (κ1) is 19.4. The van der Waals surface area contributed by atoms with Crippen LogP contribution in [0.3, 0.4) is 0 Å². The molecule has 0 amide bonds. The molecule has 25 heavy (non-hydrogen) atoms. The van der Waals surface area contributed by atoms with Gasteiger partial charge in [-0.25, -0.2) is 22.3 Å². The molecule has 6 nitrogen and oxygen atoms in total. The molecule has 2 rings (SSSR count). The number of benzene rings is 2. The van der Waals surface area contributed by atoms with Crippen LogP contribution < -0.4 is 9.46 Å². The third-order valence-corrected chi connectivity index (χ3v) is 5.70. The number of halogens is 2. The molecule has 0 saturated heterocycles. The van der Waals surface area contributed by atoms with E-state index in [9.17, 15) is 17.6 Å². The van der Waals surface area contributed by atoms with Crippen molar-refractivity contribution in [2.75, 3.05) is 14.2 Å². The van der Waals surface area contributed by atoms with Crippen LogP contribution in [0.4, 0.5) is 4.39 Å². The molecule has 0 spiro atoms. The minimum absolute atomic E-state index is 0.0693. The zero-order valence-electron chi connectivity index (χ0n) is 13.4. The van der Waals surface area contributed by atoms with Gasteiger partial charge >= 0.3 is 5.97 Å². The van der Waals surface area contributed by atoms with Gasteiger partial charge in [0.1, 0.15) is 17.1 Å². The molecule has 0 aromatic heterocycles. The van der Waals surface area contributed by atoms with Crippen molar-refractivity contribution in [1.29, 1.82) is 0 Å². The number of hydrogen-bond acceptors (Lipinski definition) is 5. The highest BCUT2D eigenvalue weighted by molar-refractivity contribution is 9.10. The van der Waals surface area contributed by atoms with E-state index in [1.54, 1.807) is 12.1 Å². The van der Waals surface area contributed by atoms with Crippen molar-refractivity contribution in [3.8, 4) is 5.75 Å². The zero-order valence-corrected chi connectivity index (χ0v) is 15.8. The van der Waals surface area contributed by atoms with E-state index in [1.807, 2.05) is 0 Å². The summed E-state index contributed by atoms with van der Waals surface area (Å²) in [7, 11) is -1.22. The van der Waals surface area contributed by atoms with E-state index >= 15 is 0 Å². The van der Waals surface area contributed by atoms with Crippen LogP contribution in [-0.2, 0) is 21.3 Å². The fourth-order valence-corrected chi connectivity index (χ4v) is 4.15. The van der Waals surface area contributed by atoms with Crippen LogP contribution in [0.15, 0.2) is 45.8 Å². The van der Waals surface area contributed by atoms with E-state index in [4.69, 9.17) is 4.74 Å². The van der Waals surface area contributed by atoms with E-state index in [1.165, 1.54) is 20.3 Å². The van der Waals surface area contributed by atoms with E-state index in [0.29, 0.717) is 11.3 Å². The van der Waals surface area contributed by atoms with Gasteiger partial charge in [0.15, 0.2) is 0 Å². The van der Waals surface area contributed by atoms with Crippen LogP contribution in [-0.4, -0.2) is 28.6 Å². The van der Waals surface area contributed by atoms with E-state index in [0.717, 1.165) is 18.2 Å². The lowest BCUT2D eigenvalue weighted by Gasteiger charge is -2.11. The van der Waals surface area contributed by atoms with E-state index in [-0.39, 0.29) is 21.5 Å². The van der Waals surface area contributed by atoms with Crippen molar-refractivity contribution in [3.05, 3.63) is 57.8 Å². The first-order valence-electron chi connectivity index (χ1n) is 6.98. The lowest BCUT2D eigenvalue weighted by Crippen LogP contribution is -2.24. The van der Waals surface area contributed by atoms with Crippen LogP contribution in [0.2, 0.25) is 0 Å². The molecular weight excluding hydrogens is 417 g/mol. The summed E-state index contributed by atoms with van der Waals surface area (Å²) in [6.45, 7) is -0.0693. The van der Waals surface area contributed by atoms with Gasteiger partial charge in [0.05, 0.1) is 19.1 Å². The Hall–Kier alpha value is -1.97. The Kier molecular flexibility index (Phi) is 6.15. The molecule has 0 aliphatic carbocycles. The second kappa shape index (κ2) is 7.94. The minimum atomic E-state index is -3.87. The van der Waals surface area contributed by atoms with Gasteiger partial charge in [-0.3, -0.25) is 0 Å². The van der Waals surface area contributed by atoms with Gasteiger partial charge in [-0.05, 0) is 51.8 Å². The molecule has 0 heterocycles. The molecular formula is C16H15BrFNO5S. The first-order chi connectivity index (χ1) is 11.8. The predicted octanol–water partition coefficient (Wildman–Crippen LogP) is 2.86. The lowest BCUT2D eigenvalue weighted by molar-refractivity contribution is 0.0597. The van der Waals surface area contributed by atoms with Gasteiger partial charge in [0.25, 0.3) is 0 Å². The summed E-state index contributed by atoms with van der Waals surface area (Å²) in [5.41, 5.74) is 0.715. The van der Waals surface area contributed by atoms with Crippen LogP contribution in [0.25, 0.3) is 0 Å². The Labute approximate surface area is 153 Å². The van der Waals surface area contributed by atoms with E-state index < -0.39 is 21.8 Å². The molecule has 0 aliphatic rings. The summed E-state index contributed by atoms with van der Waals surface area (Å²) < 4.78 is 50.1. The standard InChI is InChI=1S/C16H15BrFNO5S/c1-23-14-5-3-10(7-12(14)16(20)24-2)9-19-25(21,22)15-6-4-11(18)8-13(15)17/h3-8,19H,9H2,1-2H3. The number of hydrogen-bond donors (Lipinski definition) is 1. The number of nitrogens with one attached hydrogen (secondary N) is 1. The van der Waals surface area contributed by atoms with Gasteiger partial charge < -0.3 is 9.47 Å². The highest BCUT2D eigenvalue weighted by Gasteiger charge is 2.19. The molecule has 0 atom stereocenters. The molecule has 1 N–H and O–H groups in total. The second-order valence-electron chi connectivity index (χ2n) is 4.93. The molecule has 0 bridgehead atoms. The van der Waals surface area contributed by atoms with Gasteiger partial charge in [0, 0.05) is 11.0 Å². The quantitative estimate of drug-likeness (QED) is 0.711. The summed E-state index contributed by atoms with van der Waals surface area (Å²) in [6, 6.07) is 7.93. The van der Waals surface area contributed by atoms with Crippen molar-refractivity contribution < 1.29 is 27.1 Å². The lowest BCUT2D eigenvalue weighted by atomic mass is 10.1. The Bertz CT molecular complexity index is 901. The van der Waals surface area contributed by atoms with Crippen molar-refractivity contribution >= 4 is 31.9 Å². The SMILES string of the molecule is COC(=O)c1cc(CNS(=O)(=O)c2ccc(F)cc2Br)ccc1OC. The second-order valence-corrected chi connectivity index (χ2v) is 7.52. The predicted molar refractivity (Wildman–Crippen MR) is 92.5 cm³/mol. The highest BCUT2D eigenvalue weighted by Crippen LogP contribution is 2.24. The Morgan fingerprint density at radius 1 is 1.20 bits per heavy atom. The van der Waals surface area contributed by atoms with Crippen LogP contribution >= 0.6 is 15.9 Å². The maximum atomic E-state index is 13.1. The fourth-order valence-electron chi connectivity index (χ4n) is 2.08. The number of rotatable bonds is 6. The molecule has 0 radical (unpaired) electrons. The normalized spacial score (nSPS) is 11.2. The third-order valence-electron chi connectivity index (χ3n) is 3.32. The average molecular weight is 432 g/mol. The maximum Gasteiger partial charge on any atom is 0.341 e. The minimum Gasteiger partial charge on any atom is -0.496 e. The topological polar surface area (TPSA) is 81.7 Å². The average Bonchev–Trinajstić information content (AvgIpc) is 2.58. The van der Waals surface area contributed by atoms with Crippen molar-refractivity contribution in [2.24, 2.45) is 0 Å². The van der Waals surface area contributed by atoms with Crippen LogP contribution in [0, 0.1) is 5.82 Å². The molecule has 9 heteroatoms. The number of carbonyl (C=O) groups is 1. The van der Waals surface area contributed by atoms with E-state index in [2.05, 4.69) is 25.4 Å². The Balaban J connectivity index is 2.24. The Morgan fingerprint density at radius 3 is 2.52 bits per heavy atom. The summed E-state index contributed by atoms with van der Waals surface area (Å²) >= 11 is 3.03. The third kappa shape index (κ3) is 4.56. The van der Waals surface area contributed by atoms with Crippen LogP contribution in [0.1, 0.15) is 15.9 Å². The molecule has 0 saturated carbocycles. The summed E-state index contributed by atoms with van der Waals surface area (Å²) in [4.78, 5) is 11.7. The number of esters is 1. The van der Waals surface area contributed by atoms with Gasteiger partial charge in [0.2, 0.25) is 10.0 Å². The number of ether oxygens (including phenoxy) is 2. The van der Waals surface area contributed by atoms with Crippen molar-refractivity contribution in [3.63, 3.8) is 0 Å². The van der Waals surface area contributed by atoms with Crippen molar-refractivity contribution in [2.45, 2.75) is 11.4 Å². The summed E-state index contributed by atoms with van der Waals surface area (Å²) in [5.74, 6) is -0.828.